The monoisotopic (exact) mass is 283 g/mol. The maximum Gasteiger partial charge on any atom is 0.146 e. The molecule has 0 atom stereocenters. The van der Waals surface area contributed by atoms with Crippen LogP contribution in [0.4, 0.5) is 21.5 Å². The van der Waals surface area contributed by atoms with Gasteiger partial charge in [-0.15, -0.1) is 0 Å². The predicted octanol–water partition coefficient (Wildman–Crippen LogP) is 3.71. The Morgan fingerprint density at radius 1 is 1.14 bits per heavy atom. The highest BCUT2D eigenvalue weighted by Crippen LogP contribution is 2.30. The van der Waals surface area contributed by atoms with Gasteiger partial charge in [0, 0.05) is 23.3 Å². The number of benzene rings is 2. The standard InChI is InChI=1S/C16H14FN3O/c1-21-10-5-6-12(17)15(9-10)20-14-7-8-19-16-11(14)3-2-4-13(16)18/h2-9H,18H2,1H3,(H,19,20). The van der Waals surface area contributed by atoms with Gasteiger partial charge in [0.1, 0.15) is 11.6 Å². The number of hydrogen-bond acceptors (Lipinski definition) is 4. The first kappa shape index (κ1) is 13.2. The molecule has 0 spiro atoms. The number of ether oxygens (including phenoxy) is 1. The van der Waals surface area contributed by atoms with Crippen LogP contribution in [0.5, 0.6) is 5.75 Å². The Kier molecular flexibility index (Phi) is 3.31. The lowest BCUT2D eigenvalue weighted by Gasteiger charge is -2.12. The summed E-state index contributed by atoms with van der Waals surface area (Å²) in [4.78, 5) is 4.26. The third-order valence-corrected chi connectivity index (χ3v) is 3.25. The van der Waals surface area contributed by atoms with Crippen molar-refractivity contribution in [3.8, 4) is 5.75 Å². The first-order valence-corrected chi connectivity index (χ1v) is 6.43. The van der Waals surface area contributed by atoms with Crippen molar-refractivity contribution >= 4 is 28.0 Å². The first-order valence-electron chi connectivity index (χ1n) is 6.43. The summed E-state index contributed by atoms with van der Waals surface area (Å²) in [6.45, 7) is 0. The van der Waals surface area contributed by atoms with Crippen LogP contribution in [0.1, 0.15) is 0 Å². The number of nitrogens with zero attached hydrogens (tertiary/aromatic N) is 1. The molecule has 106 valence electrons. The molecule has 0 radical (unpaired) electrons. The van der Waals surface area contributed by atoms with Gasteiger partial charge in [0.05, 0.1) is 24.0 Å². The Labute approximate surface area is 121 Å². The number of nitrogen functional groups attached to an aromatic ring is 1. The molecule has 3 rings (SSSR count). The molecule has 0 fully saturated rings. The van der Waals surface area contributed by atoms with Crippen LogP contribution in [0.15, 0.2) is 48.7 Å². The van der Waals surface area contributed by atoms with Gasteiger partial charge >= 0.3 is 0 Å². The number of rotatable bonds is 3. The smallest absolute Gasteiger partial charge is 0.146 e. The summed E-state index contributed by atoms with van der Waals surface area (Å²) >= 11 is 0. The molecule has 0 saturated carbocycles. The maximum atomic E-state index is 13.9. The summed E-state index contributed by atoms with van der Waals surface area (Å²) in [5.41, 5.74) is 8.25. The second kappa shape index (κ2) is 5.28. The summed E-state index contributed by atoms with van der Waals surface area (Å²) < 4.78 is 19.0. The second-order valence-corrected chi connectivity index (χ2v) is 4.57. The van der Waals surface area contributed by atoms with Crippen molar-refractivity contribution in [2.24, 2.45) is 0 Å². The lowest BCUT2D eigenvalue weighted by molar-refractivity contribution is 0.414. The average Bonchev–Trinajstić information content (AvgIpc) is 2.50. The van der Waals surface area contributed by atoms with Gasteiger partial charge < -0.3 is 15.8 Å². The molecule has 0 aliphatic rings. The molecule has 0 bridgehead atoms. The number of para-hydroxylation sites is 1. The van der Waals surface area contributed by atoms with Crippen molar-refractivity contribution < 1.29 is 9.13 Å². The topological polar surface area (TPSA) is 60.2 Å². The molecule has 1 heterocycles. The maximum absolute atomic E-state index is 13.9. The molecule has 21 heavy (non-hydrogen) atoms. The molecule has 1 aromatic heterocycles. The minimum atomic E-state index is -0.357. The van der Waals surface area contributed by atoms with Gasteiger partial charge in [-0.2, -0.15) is 0 Å². The van der Waals surface area contributed by atoms with Crippen molar-refractivity contribution in [3.63, 3.8) is 0 Å². The molecule has 3 aromatic rings. The third-order valence-electron chi connectivity index (χ3n) is 3.25. The van der Waals surface area contributed by atoms with Gasteiger partial charge in [-0.3, -0.25) is 4.98 Å². The quantitative estimate of drug-likeness (QED) is 0.719. The average molecular weight is 283 g/mol. The van der Waals surface area contributed by atoms with E-state index in [9.17, 15) is 4.39 Å². The normalized spacial score (nSPS) is 10.6. The zero-order valence-electron chi connectivity index (χ0n) is 11.4. The Morgan fingerprint density at radius 2 is 2.00 bits per heavy atom. The Bertz CT molecular complexity index is 805. The number of fused-ring (bicyclic) bond motifs is 1. The van der Waals surface area contributed by atoms with Crippen LogP contribution in [-0.2, 0) is 0 Å². The largest absolute Gasteiger partial charge is 0.497 e. The lowest BCUT2D eigenvalue weighted by Crippen LogP contribution is -1.97. The first-order chi connectivity index (χ1) is 10.2. The van der Waals surface area contributed by atoms with Crippen molar-refractivity contribution in [2.75, 3.05) is 18.2 Å². The zero-order chi connectivity index (χ0) is 14.8. The Balaban J connectivity index is 2.08. The molecule has 3 N–H and O–H groups in total. The van der Waals surface area contributed by atoms with Crippen molar-refractivity contribution in [3.05, 3.63) is 54.5 Å². The third kappa shape index (κ3) is 2.45. The van der Waals surface area contributed by atoms with Gasteiger partial charge in [0.25, 0.3) is 0 Å². The van der Waals surface area contributed by atoms with E-state index in [0.29, 0.717) is 22.6 Å². The molecular weight excluding hydrogens is 269 g/mol. The molecular formula is C16H14FN3O. The molecule has 0 aliphatic heterocycles. The van der Waals surface area contributed by atoms with E-state index in [4.69, 9.17) is 10.5 Å². The molecule has 0 saturated heterocycles. The highest BCUT2D eigenvalue weighted by molar-refractivity contribution is 5.98. The number of nitrogens with one attached hydrogen (secondary N) is 1. The van der Waals surface area contributed by atoms with Crippen LogP contribution < -0.4 is 15.8 Å². The number of halogens is 1. The second-order valence-electron chi connectivity index (χ2n) is 4.57. The van der Waals surface area contributed by atoms with E-state index in [0.717, 1.165) is 11.1 Å². The lowest BCUT2D eigenvalue weighted by atomic mass is 10.1. The summed E-state index contributed by atoms with van der Waals surface area (Å²) in [5.74, 6) is 0.224. The van der Waals surface area contributed by atoms with Crippen molar-refractivity contribution in [1.82, 2.24) is 4.98 Å². The minimum absolute atomic E-state index is 0.337. The fourth-order valence-corrected chi connectivity index (χ4v) is 2.18. The van der Waals surface area contributed by atoms with Crippen LogP contribution in [0.3, 0.4) is 0 Å². The van der Waals surface area contributed by atoms with Crippen molar-refractivity contribution in [2.45, 2.75) is 0 Å². The van der Waals surface area contributed by atoms with Gasteiger partial charge in [-0.1, -0.05) is 12.1 Å². The van der Waals surface area contributed by atoms with E-state index < -0.39 is 0 Å². The summed E-state index contributed by atoms with van der Waals surface area (Å²) in [7, 11) is 1.54. The van der Waals surface area contributed by atoms with Gasteiger partial charge in [-0.25, -0.2) is 4.39 Å². The number of hydrogen-bond donors (Lipinski definition) is 2. The van der Waals surface area contributed by atoms with Crippen LogP contribution in [-0.4, -0.2) is 12.1 Å². The van der Waals surface area contributed by atoms with E-state index >= 15 is 0 Å². The van der Waals surface area contributed by atoms with E-state index in [1.54, 1.807) is 37.6 Å². The SMILES string of the molecule is COc1ccc(F)c(Nc2ccnc3c(N)cccc23)c1. The van der Waals surface area contributed by atoms with Gasteiger partial charge in [0.15, 0.2) is 0 Å². The molecule has 0 aliphatic carbocycles. The predicted molar refractivity (Wildman–Crippen MR) is 82.4 cm³/mol. The molecule has 0 unspecified atom stereocenters. The number of aromatic nitrogens is 1. The molecule has 0 amide bonds. The molecule has 4 nitrogen and oxygen atoms in total. The number of anilines is 3. The van der Waals surface area contributed by atoms with Crippen LogP contribution in [0, 0.1) is 5.82 Å². The Hall–Kier alpha value is -2.82. The van der Waals surface area contributed by atoms with Gasteiger partial charge in [-0.05, 0) is 24.3 Å². The summed E-state index contributed by atoms with van der Waals surface area (Å²) in [6, 6.07) is 11.8. The van der Waals surface area contributed by atoms with E-state index in [1.165, 1.54) is 6.07 Å². The van der Waals surface area contributed by atoms with E-state index in [1.807, 2.05) is 12.1 Å². The van der Waals surface area contributed by atoms with E-state index in [2.05, 4.69) is 10.3 Å². The zero-order valence-corrected chi connectivity index (χ0v) is 11.4. The fraction of sp³-hybridized carbons (Fsp3) is 0.0625. The van der Waals surface area contributed by atoms with Crippen LogP contribution in [0.25, 0.3) is 10.9 Å². The highest BCUT2D eigenvalue weighted by atomic mass is 19.1. The number of methoxy groups -OCH3 is 1. The fourth-order valence-electron chi connectivity index (χ4n) is 2.18. The van der Waals surface area contributed by atoms with Gasteiger partial charge in [0.2, 0.25) is 0 Å². The van der Waals surface area contributed by atoms with Crippen LogP contribution in [0.2, 0.25) is 0 Å². The summed E-state index contributed by atoms with van der Waals surface area (Å²) in [6.07, 6.45) is 1.64. The van der Waals surface area contributed by atoms with E-state index in [-0.39, 0.29) is 5.82 Å². The minimum Gasteiger partial charge on any atom is -0.497 e. The highest BCUT2D eigenvalue weighted by Gasteiger charge is 2.08. The Morgan fingerprint density at radius 3 is 2.81 bits per heavy atom. The molecule has 5 heteroatoms. The van der Waals surface area contributed by atoms with Crippen LogP contribution >= 0.6 is 0 Å². The summed E-state index contributed by atoms with van der Waals surface area (Å²) in [5, 5.41) is 3.90. The molecule has 2 aromatic carbocycles. The van der Waals surface area contributed by atoms with Crippen molar-refractivity contribution in [1.29, 1.82) is 0 Å². The number of pyridine rings is 1. The number of nitrogens with two attached hydrogens (primary N) is 1.